The highest BCUT2D eigenvalue weighted by molar-refractivity contribution is 7.20. The van der Waals surface area contributed by atoms with Gasteiger partial charge in [-0.15, -0.1) is 16.4 Å². The molecule has 0 aliphatic heterocycles. The number of thiophene rings is 1. The van der Waals surface area contributed by atoms with Gasteiger partial charge >= 0.3 is 5.97 Å². The van der Waals surface area contributed by atoms with E-state index in [4.69, 9.17) is 4.74 Å². The fourth-order valence-electron chi connectivity index (χ4n) is 3.49. The molecule has 9 heteroatoms. The highest BCUT2D eigenvalue weighted by Gasteiger charge is 2.24. The molecular weight excluding hydrogens is 430 g/mol. The molecule has 8 nitrogen and oxygen atoms in total. The summed E-state index contributed by atoms with van der Waals surface area (Å²) >= 11 is 1.32. The van der Waals surface area contributed by atoms with Crippen LogP contribution in [-0.4, -0.2) is 38.5 Å². The number of carbonyl (C=O) groups excluding carboxylic acids is 1. The molecule has 0 radical (unpaired) electrons. The van der Waals surface area contributed by atoms with Crippen LogP contribution < -0.4 is 10.3 Å². The first-order chi connectivity index (χ1) is 15.5. The smallest absolute Gasteiger partial charge is 0.307 e. The van der Waals surface area contributed by atoms with Gasteiger partial charge in [-0.05, 0) is 55.1 Å². The quantitative estimate of drug-likeness (QED) is 0.386. The van der Waals surface area contributed by atoms with Crippen molar-refractivity contribution in [1.29, 1.82) is 0 Å². The van der Waals surface area contributed by atoms with Crippen molar-refractivity contribution in [2.75, 3.05) is 6.61 Å². The molecular formula is C23H21N3O5S. The fourth-order valence-corrected chi connectivity index (χ4v) is 4.53. The van der Waals surface area contributed by atoms with E-state index in [-0.39, 0.29) is 30.7 Å². The molecule has 0 unspecified atom stereocenters. The second kappa shape index (κ2) is 9.27. The molecule has 4 aromatic rings. The number of ether oxygens (including phenoxy) is 1. The van der Waals surface area contributed by atoms with Crippen molar-refractivity contribution in [2.45, 2.75) is 26.3 Å². The Balaban J connectivity index is 1.48. The third-order valence-corrected chi connectivity index (χ3v) is 6.32. The summed E-state index contributed by atoms with van der Waals surface area (Å²) in [5.41, 5.74) is 0.150. The predicted octanol–water partition coefficient (Wildman–Crippen LogP) is 3.77. The molecule has 2 aromatic carbocycles. The number of carboxylic acids is 1. The molecule has 1 N–H and O–H groups in total. The Labute approximate surface area is 187 Å². The Bertz CT molecular complexity index is 1360. The monoisotopic (exact) mass is 451 g/mol. The van der Waals surface area contributed by atoms with Crippen molar-refractivity contribution in [3.05, 3.63) is 63.8 Å². The molecule has 0 aliphatic carbocycles. The molecule has 4 rings (SSSR count). The summed E-state index contributed by atoms with van der Waals surface area (Å²) in [5.74, 6) is -1.54. The molecule has 0 spiro atoms. The number of hydrogen-bond donors (Lipinski definition) is 1. The van der Waals surface area contributed by atoms with Gasteiger partial charge in [0.1, 0.15) is 11.3 Å². The van der Waals surface area contributed by atoms with Gasteiger partial charge in [0.25, 0.3) is 5.56 Å². The van der Waals surface area contributed by atoms with Gasteiger partial charge in [0, 0.05) is 17.7 Å². The summed E-state index contributed by atoms with van der Waals surface area (Å²) in [4.78, 5) is 37.7. The lowest BCUT2D eigenvalue weighted by Gasteiger charge is -2.11. The molecule has 0 aliphatic rings. The number of rotatable bonds is 9. The molecule has 0 saturated carbocycles. The molecule has 0 amide bonds. The maximum Gasteiger partial charge on any atom is 0.307 e. The summed E-state index contributed by atoms with van der Waals surface area (Å²) in [7, 11) is 0. The summed E-state index contributed by atoms with van der Waals surface area (Å²) in [5, 5.41) is 18.9. The van der Waals surface area contributed by atoms with E-state index in [2.05, 4.69) is 10.3 Å². The lowest BCUT2D eigenvalue weighted by atomic mass is 9.98. The predicted molar refractivity (Wildman–Crippen MR) is 121 cm³/mol. The Morgan fingerprint density at radius 3 is 2.78 bits per heavy atom. The van der Waals surface area contributed by atoms with Crippen LogP contribution in [0.25, 0.3) is 21.0 Å². The van der Waals surface area contributed by atoms with Crippen molar-refractivity contribution in [3.8, 4) is 5.75 Å². The van der Waals surface area contributed by atoms with E-state index in [1.807, 2.05) is 25.1 Å². The van der Waals surface area contributed by atoms with Gasteiger partial charge in [-0.2, -0.15) is 0 Å². The topological polar surface area (TPSA) is 111 Å². The molecule has 1 atom stereocenters. The number of hydrogen-bond acceptors (Lipinski definition) is 7. The average molecular weight is 452 g/mol. The fraction of sp³-hybridized carbons (Fsp3) is 0.261. The minimum atomic E-state index is -1.08. The van der Waals surface area contributed by atoms with Crippen LogP contribution in [-0.2, 0) is 11.3 Å². The Kier molecular flexibility index (Phi) is 6.27. The van der Waals surface area contributed by atoms with Crippen LogP contribution in [0.1, 0.15) is 29.4 Å². The number of carbonyl (C=O) groups is 2. The van der Waals surface area contributed by atoms with Crippen LogP contribution in [0.5, 0.6) is 5.75 Å². The number of carboxylic acid groups (broad SMARTS) is 1. The van der Waals surface area contributed by atoms with Gasteiger partial charge in [0.2, 0.25) is 0 Å². The van der Waals surface area contributed by atoms with Gasteiger partial charge in [-0.3, -0.25) is 14.4 Å². The normalized spacial score (nSPS) is 12.2. The van der Waals surface area contributed by atoms with Gasteiger partial charge in [-0.1, -0.05) is 17.3 Å². The van der Waals surface area contributed by atoms with E-state index in [0.29, 0.717) is 22.4 Å². The maximum absolute atomic E-state index is 12.8. The Morgan fingerprint density at radius 2 is 2.00 bits per heavy atom. The number of ketones is 1. The van der Waals surface area contributed by atoms with Crippen molar-refractivity contribution < 1.29 is 19.4 Å². The van der Waals surface area contributed by atoms with Crippen molar-refractivity contribution in [3.63, 3.8) is 0 Å². The molecule has 2 aromatic heterocycles. The van der Waals surface area contributed by atoms with Crippen molar-refractivity contribution >= 4 is 44.1 Å². The van der Waals surface area contributed by atoms with Crippen LogP contribution in [0, 0.1) is 5.92 Å². The Hall–Kier alpha value is -3.59. The Morgan fingerprint density at radius 1 is 1.19 bits per heavy atom. The van der Waals surface area contributed by atoms with Crippen LogP contribution in [0.2, 0.25) is 0 Å². The van der Waals surface area contributed by atoms with Crippen molar-refractivity contribution in [2.24, 2.45) is 5.92 Å². The third-order valence-electron chi connectivity index (χ3n) is 5.18. The van der Waals surface area contributed by atoms with E-state index in [0.717, 1.165) is 20.5 Å². The number of nitrogens with zero attached hydrogens (tertiary/aromatic N) is 3. The van der Waals surface area contributed by atoms with Crippen LogP contribution >= 0.6 is 11.3 Å². The van der Waals surface area contributed by atoms with Crippen LogP contribution in [0.15, 0.2) is 53.3 Å². The van der Waals surface area contributed by atoms with Crippen LogP contribution in [0.3, 0.4) is 0 Å². The zero-order valence-electron chi connectivity index (χ0n) is 17.4. The second-order valence-corrected chi connectivity index (χ2v) is 8.41. The van der Waals surface area contributed by atoms with E-state index in [9.17, 15) is 19.5 Å². The number of fused-ring (bicyclic) bond motifs is 2. The molecule has 0 saturated heterocycles. The summed E-state index contributed by atoms with van der Waals surface area (Å²) < 4.78 is 7.55. The number of aliphatic carboxylic acids is 1. The zero-order valence-corrected chi connectivity index (χ0v) is 18.2. The van der Waals surface area contributed by atoms with Gasteiger partial charge in [0.05, 0.1) is 22.8 Å². The first-order valence-corrected chi connectivity index (χ1v) is 11.0. The summed E-state index contributed by atoms with van der Waals surface area (Å²) in [6.45, 7) is 2.51. The minimum absolute atomic E-state index is 0.0606. The van der Waals surface area contributed by atoms with E-state index in [1.165, 1.54) is 11.3 Å². The molecule has 0 bridgehead atoms. The number of aromatic nitrogens is 3. The first kappa shape index (κ1) is 21.6. The highest BCUT2D eigenvalue weighted by Crippen LogP contribution is 2.31. The largest absolute Gasteiger partial charge is 0.494 e. The third kappa shape index (κ3) is 4.52. The highest BCUT2D eigenvalue weighted by atomic mass is 32.1. The lowest BCUT2D eigenvalue weighted by molar-refractivity contribution is -0.142. The van der Waals surface area contributed by atoms with Crippen molar-refractivity contribution in [1.82, 2.24) is 15.0 Å². The van der Waals surface area contributed by atoms with Gasteiger partial charge in [-0.25, -0.2) is 4.68 Å². The summed E-state index contributed by atoms with van der Waals surface area (Å²) in [6, 6.07) is 14.2. The molecule has 2 heterocycles. The summed E-state index contributed by atoms with van der Waals surface area (Å²) in [6.07, 6.45) is -0.0659. The van der Waals surface area contributed by atoms with Crippen LogP contribution in [0.4, 0.5) is 0 Å². The first-order valence-electron chi connectivity index (χ1n) is 10.2. The van der Waals surface area contributed by atoms with E-state index < -0.39 is 11.9 Å². The number of benzene rings is 2. The zero-order chi connectivity index (χ0) is 22.7. The van der Waals surface area contributed by atoms with Gasteiger partial charge in [0.15, 0.2) is 5.78 Å². The average Bonchev–Trinajstić information content (AvgIpc) is 3.21. The van der Waals surface area contributed by atoms with Gasteiger partial charge < -0.3 is 9.84 Å². The van der Waals surface area contributed by atoms with E-state index in [1.54, 1.807) is 30.3 Å². The number of Topliss-reactive ketones (excluding diaryl/α,β-unsaturated/α-hetero) is 1. The minimum Gasteiger partial charge on any atom is -0.494 e. The lowest BCUT2D eigenvalue weighted by Crippen LogP contribution is -2.27. The number of aryl methyl sites for hydroxylation is 1. The second-order valence-electron chi connectivity index (χ2n) is 7.33. The SMILES string of the molecule is CCOc1ccc2cc(C(=O)C[C@H](CCn3nnc4ccccc4c3=O)C(=O)O)sc2c1. The standard InChI is InChI=1S/C23H21N3O5S/c1-2-31-16-8-7-14-12-21(32-20(14)13-16)19(27)11-15(23(29)30)9-10-26-22(28)17-5-3-4-6-18(17)24-25-26/h3-8,12-13,15H,2,9-11H2,1H3,(H,29,30)/t15-/m0/s1. The van der Waals surface area contributed by atoms with E-state index >= 15 is 0 Å². The molecule has 32 heavy (non-hydrogen) atoms. The molecule has 164 valence electrons. The molecule has 0 fully saturated rings. The maximum atomic E-state index is 12.8.